The number of aliphatic hydroxyl groups is 1. The summed E-state index contributed by atoms with van der Waals surface area (Å²) >= 11 is 0. The number of nitrogens with zero attached hydrogens (tertiary/aromatic N) is 2. The fourth-order valence-electron chi connectivity index (χ4n) is 2.67. The third kappa shape index (κ3) is 2.34. The molecule has 0 saturated carbocycles. The summed E-state index contributed by atoms with van der Waals surface area (Å²) in [6.07, 6.45) is -0.353. The summed E-state index contributed by atoms with van der Waals surface area (Å²) < 4.78 is 5.18. The number of benzene rings is 1. The van der Waals surface area contributed by atoms with E-state index >= 15 is 0 Å². The van der Waals surface area contributed by atoms with Crippen LogP contribution in [-0.2, 0) is 4.74 Å². The van der Waals surface area contributed by atoms with Gasteiger partial charge < -0.3 is 14.7 Å². The minimum absolute atomic E-state index is 0.327. The van der Waals surface area contributed by atoms with Crippen LogP contribution in [0.5, 0.6) is 0 Å². The van der Waals surface area contributed by atoms with Crippen molar-refractivity contribution < 1.29 is 14.6 Å². The SMILES string of the molecule is CCOC(=O)c1c(N2CC(O)C2)nc2ccccc2c1C. The average molecular weight is 286 g/mol. The summed E-state index contributed by atoms with van der Waals surface area (Å²) in [5.74, 6) is 0.250. The number of aliphatic hydroxyl groups excluding tert-OH is 1. The maximum Gasteiger partial charge on any atom is 0.342 e. The highest BCUT2D eigenvalue weighted by Crippen LogP contribution is 2.31. The molecule has 2 aromatic rings. The molecule has 1 aromatic heterocycles. The second-order valence-electron chi connectivity index (χ2n) is 5.23. The predicted octanol–water partition coefficient (Wildman–Crippen LogP) is 1.90. The van der Waals surface area contributed by atoms with Gasteiger partial charge in [0.05, 0.1) is 18.2 Å². The molecule has 0 spiro atoms. The number of hydrogen-bond donors (Lipinski definition) is 1. The predicted molar refractivity (Wildman–Crippen MR) is 80.7 cm³/mol. The molecule has 3 rings (SSSR count). The van der Waals surface area contributed by atoms with Crippen molar-refractivity contribution in [2.24, 2.45) is 0 Å². The topological polar surface area (TPSA) is 62.7 Å². The van der Waals surface area contributed by atoms with Crippen molar-refractivity contribution in [3.05, 3.63) is 35.4 Å². The van der Waals surface area contributed by atoms with E-state index in [9.17, 15) is 9.90 Å². The number of rotatable bonds is 3. The highest BCUT2D eigenvalue weighted by Gasteiger charge is 2.31. The summed E-state index contributed by atoms with van der Waals surface area (Å²) in [5, 5.41) is 10.5. The van der Waals surface area contributed by atoms with Crippen molar-refractivity contribution in [3.63, 3.8) is 0 Å². The number of ether oxygens (including phenoxy) is 1. The van der Waals surface area contributed by atoms with E-state index < -0.39 is 0 Å². The maximum atomic E-state index is 12.3. The van der Waals surface area contributed by atoms with Gasteiger partial charge in [0.25, 0.3) is 0 Å². The molecule has 0 aliphatic carbocycles. The van der Waals surface area contributed by atoms with Gasteiger partial charge in [-0.3, -0.25) is 0 Å². The molecule has 0 atom stereocenters. The van der Waals surface area contributed by atoms with Gasteiger partial charge in [-0.1, -0.05) is 18.2 Å². The first-order valence-electron chi connectivity index (χ1n) is 7.11. The zero-order valence-corrected chi connectivity index (χ0v) is 12.2. The lowest BCUT2D eigenvalue weighted by atomic mass is 10.0. The Morgan fingerprint density at radius 1 is 1.43 bits per heavy atom. The standard InChI is InChI=1S/C16H18N2O3/c1-3-21-16(20)14-10(2)12-6-4-5-7-13(12)17-15(14)18-8-11(19)9-18/h4-7,11,19H,3,8-9H2,1-2H3. The molecule has 1 N–H and O–H groups in total. The van der Waals surface area contributed by atoms with Crippen LogP contribution in [0, 0.1) is 6.92 Å². The molecule has 0 unspecified atom stereocenters. The molecular formula is C16H18N2O3. The van der Waals surface area contributed by atoms with Crippen molar-refractivity contribution in [3.8, 4) is 0 Å². The minimum Gasteiger partial charge on any atom is -0.462 e. The second-order valence-corrected chi connectivity index (χ2v) is 5.23. The number of fused-ring (bicyclic) bond motifs is 1. The van der Waals surface area contributed by atoms with Gasteiger partial charge in [-0.05, 0) is 25.5 Å². The molecular weight excluding hydrogens is 268 g/mol. The van der Waals surface area contributed by atoms with Gasteiger partial charge in [0.15, 0.2) is 0 Å². The van der Waals surface area contributed by atoms with Gasteiger partial charge in [0.1, 0.15) is 11.4 Å². The minimum atomic E-state index is -0.357. The number of β-amino-alcohol motifs (C(OH)–C–C–N with tert-alkyl or cyclic N) is 1. The van der Waals surface area contributed by atoms with Crippen molar-refractivity contribution in [2.75, 3.05) is 24.6 Å². The summed E-state index contributed by atoms with van der Waals surface area (Å²) in [4.78, 5) is 18.8. The van der Waals surface area contributed by atoms with Gasteiger partial charge in [-0.15, -0.1) is 0 Å². The summed E-state index contributed by atoms with van der Waals surface area (Å²) in [7, 11) is 0. The molecule has 1 fully saturated rings. The number of anilines is 1. The lowest BCUT2D eigenvalue weighted by Crippen LogP contribution is -2.51. The third-order valence-electron chi connectivity index (χ3n) is 3.77. The first kappa shape index (κ1) is 13.8. The van der Waals surface area contributed by atoms with E-state index in [1.165, 1.54) is 0 Å². The molecule has 5 nitrogen and oxygen atoms in total. The van der Waals surface area contributed by atoms with Crippen LogP contribution in [0.2, 0.25) is 0 Å². The summed E-state index contributed by atoms with van der Waals surface area (Å²) in [6, 6.07) is 7.73. The normalized spacial score (nSPS) is 15.1. The van der Waals surface area contributed by atoms with Crippen molar-refractivity contribution >= 4 is 22.7 Å². The molecule has 1 aliphatic rings. The van der Waals surface area contributed by atoms with Crippen LogP contribution in [0.1, 0.15) is 22.8 Å². The number of carbonyl (C=O) groups is 1. The van der Waals surface area contributed by atoms with Crippen LogP contribution in [0.4, 0.5) is 5.82 Å². The summed E-state index contributed by atoms with van der Waals surface area (Å²) in [6.45, 7) is 5.02. The highest BCUT2D eigenvalue weighted by molar-refractivity contribution is 6.02. The van der Waals surface area contributed by atoms with Crippen molar-refractivity contribution in [1.29, 1.82) is 0 Å². The zero-order valence-electron chi connectivity index (χ0n) is 12.2. The fourth-order valence-corrected chi connectivity index (χ4v) is 2.67. The van der Waals surface area contributed by atoms with Crippen LogP contribution < -0.4 is 4.90 Å². The largest absolute Gasteiger partial charge is 0.462 e. The quantitative estimate of drug-likeness (QED) is 0.873. The molecule has 1 saturated heterocycles. The van der Waals surface area contributed by atoms with Crippen LogP contribution in [0.25, 0.3) is 10.9 Å². The Labute approximate surface area is 123 Å². The van der Waals surface area contributed by atoms with E-state index in [1.807, 2.05) is 36.1 Å². The Morgan fingerprint density at radius 3 is 2.81 bits per heavy atom. The fraction of sp³-hybridized carbons (Fsp3) is 0.375. The number of pyridine rings is 1. The van der Waals surface area contributed by atoms with Gasteiger partial charge in [0, 0.05) is 18.5 Å². The molecule has 1 aromatic carbocycles. The smallest absolute Gasteiger partial charge is 0.342 e. The van der Waals surface area contributed by atoms with E-state index in [0.717, 1.165) is 16.5 Å². The number of aromatic nitrogens is 1. The van der Waals surface area contributed by atoms with E-state index in [2.05, 4.69) is 4.98 Å². The van der Waals surface area contributed by atoms with Gasteiger partial charge in [-0.25, -0.2) is 9.78 Å². The Morgan fingerprint density at radius 2 is 2.14 bits per heavy atom. The van der Waals surface area contributed by atoms with E-state index in [4.69, 9.17) is 4.74 Å². The van der Waals surface area contributed by atoms with Crippen LogP contribution in [0.15, 0.2) is 24.3 Å². The Hall–Kier alpha value is -2.14. The van der Waals surface area contributed by atoms with Crippen LogP contribution in [0.3, 0.4) is 0 Å². The number of carbonyl (C=O) groups excluding carboxylic acids is 1. The van der Waals surface area contributed by atoms with Crippen LogP contribution >= 0.6 is 0 Å². The van der Waals surface area contributed by atoms with Crippen molar-refractivity contribution in [1.82, 2.24) is 4.98 Å². The molecule has 21 heavy (non-hydrogen) atoms. The Kier molecular flexibility index (Phi) is 3.51. The highest BCUT2D eigenvalue weighted by atomic mass is 16.5. The number of esters is 1. The third-order valence-corrected chi connectivity index (χ3v) is 3.77. The van der Waals surface area contributed by atoms with E-state index in [1.54, 1.807) is 6.92 Å². The Balaban J connectivity index is 2.17. The number of hydrogen-bond acceptors (Lipinski definition) is 5. The second kappa shape index (κ2) is 5.33. The van der Waals surface area contributed by atoms with Crippen LogP contribution in [-0.4, -0.2) is 41.9 Å². The van der Waals surface area contributed by atoms with Gasteiger partial charge >= 0.3 is 5.97 Å². The molecule has 5 heteroatoms. The monoisotopic (exact) mass is 286 g/mol. The molecule has 1 aliphatic heterocycles. The lowest BCUT2D eigenvalue weighted by Gasteiger charge is -2.38. The molecule has 0 radical (unpaired) electrons. The first-order valence-corrected chi connectivity index (χ1v) is 7.11. The van der Waals surface area contributed by atoms with Gasteiger partial charge in [-0.2, -0.15) is 0 Å². The molecule has 2 heterocycles. The molecule has 110 valence electrons. The summed E-state index contributed by atoms with van der Waals surface area (Å²) in [5.41, 5.74) is 2.22. The zero-order chi connectivity index (χ0) is 15.0. The van der Waals surface area contributed by atoms with E-state index in [-0.39, 0.29) is 12.1 Å². The van der Waals surface area contributed by atoms with Crippen molar-refractivity contribution in [2.45, 2.75) is 20.0 Å². The lowest BCUT2D eigenvalue weighted by molar-refractivity contribution is 0.0524. The molecule has 0 amide bonds. The first-order chi connectivity index (χ1) is 10.1. The number of aryl methyl sites for hydroxylation is 1. The number of para-hydroxylation sites is 1. The van der Waals surface area contributed by atoms with Gasteiger partial charge in [0.2, 0.25) is 0 Å². The average Bonchev–Trinajstić information content (AvgIpc) is 2.44. The molecule has 0 bridgehead atoms. The Bertz CT molecular complexity index is 693. The maximum absolute atomic E-state index is 12.3. The van der Waals surface area contributed by atoms with E-state index in [0.29, 0.717) is 31.1 Å².